The molecule has 0 saturated carbocycles. The van der Waals surface area contributed by atoms with Gasteiger partial charge in [0.1, 0.15) is 0 Å². The van der Waals surface area contributed by atoms with E-state index in [1.165, 1.54) is 89.0 Å². The zero-order chi connectivity index (χ0) is 49.1. The van der Waals surface area contributed by atoms with Crippen LogP contribution in [0.4, 0.5) is 0 Å². The molecule has 0 unspecified atom stereocenters. The molecule has 0 amide bonds. The van der Waals surface area contributed by atoms with Crippen LogP contribution in [0.3, 0.4) is 0 Å². The summed E-state index contributed by atoms with van der Waals surface area (Å²) in [6.07, 6.45) is 0. The fourth-order valence-corrected chi connectivity index (χ4v) is 9.64. The normalized spacial score (nSPS) is 12.1. The summed E-state index contributed by atoms with van der Waals surface area (Å²) in [4.78, 5) is 0. The number of rotatable bonds is 4. The molecule has 0 saturated heterocycles. The first-order chi connectivity index (χ1) is 33.4. The van der Waals surface area contributed by atoms with Gasteiger partial charge in [-0.3, -0.25) is 0 Å². The number of benzene rings is 9. The second kappa shape index (κ2) is 25.2. The predicted molar refractivity (Wildman–Crippen MR) is 300 cm³/mol. The van der Waals surface area contributed by atoms with Crippen LogP contribution in [0, 0.1) is 13.8 Å². The molecule has 11 rings (SSSR count). The Labute approximate surface area is 411 Å². The van der Waals surface area contributed by atoms with E-state index in [0.717, 1.165) is 0 Å². The summed E-state index contributed by atoms with van der Waals surface area (Å²) in [5, 5.41) is 0. The standard InChI is InChI=1S/C32H24.C15H14.C13H12.4C2H6/c1-23-13-8-9-18-26(23)27-20-12-22-30-31(27)28-19-10-11-21-29(28)32(30,24-14-4-2-5-15-24)25-16-6-3-7-17-25;1-15(2)13-9-5-3-7-11(13)12-8-4-6-10-14(12)15;1-11-7-9-13(10-8-11)12-5-3-2-4-6-12;4*1-2/h2-22H,1H3;3-10H,1-2H3;2-10H,1H3;4*1-2H3. The molecule has 0 aliphatic heterocycles. The van der Waals surface area contributed by atoms with Crippen LogP contribution in [0.2, 0.25) is 0 Å². The van der Waals surface area contributed by atoms with Gasteiger partial charge < -0.3 is 0 Å². The Hall–Kier alpha value is -7.02. The van der Waals surface area contributed by atoms with Gasteiger partial charge in [-0.15, -0.1) is 0 Å². The van der Waals surface area contributed by atoms with Crippen LogP contribution >= 0.6 is 0 Å². The number of aryl methyl sites for hydroxylation is 2. The minimum absolute atomic E-state index is 0.160. The van der Waals surface area contributed by atoms with Crippen molar-refractivity contribution in [3.8, 4) is 44.5 Å². The van der Waals surface area contributed by atoms with Gasteiger partial charge in [0, 0.05) is 5.41 Å². The molecule has 0 bridgehead atoms. The van der Waals surface area contributed by atoms with Crippen LogP contribution in [0.25, 0.3) is 44.5 Å². The highest BCUT2D eigenvalue weighted by atomic mass is 14.5. The molecule has 0 radical (unpaired) electrons. The fourth-order valence-electron chi connectivity index (χ4n) is 9.64. The van der Waals surface area contributed by atoms with E-state index in [1.807, 2.05) is 61.5 Å². The van der Waals surface area contributed by atoms with E-state index in [9.17, 15) is 0 Å². The number of hydrogen-bond acceptors (Lipinski definition) is 0. The Morgan fingerprint density at radius 1 is 0.265 bits per heavy atom. The van der Waals surface area contributed by atoms with Gasteiger partial charge in [-0.05, 0) is 97.3 Å². The van der Waals surface area contributed by atoms with Gasteiger partial charge >= 0.3 is 0 Å². The molecular weight excluding hydrogens is 817 g/mol. The lowest BCUT2D eigenvalue weighted by molar-refractivity contribution is 0.660. The Kier molecular flexibility index (Phi) is 19.3. The Morgan fingerprint density at radius 3 is 1.10 bits per heavy atom. The minimum atomic E-state index is -0.340. The molecule has 2 aliphatic carbocycles. The summed E-state index contributed by atoms with van der Waals surface area (Å²) in [6, 6.07) is 82.9. The molecule has 9 aromatic rings. The fraction of sp³-hybridized carbons (Fsp3) is 0.206. The van der Waals surface area contributed by atoms with E-state index in [0.29, 0.717) is 0 Å². The molecule has 0 heteroatoms. The van der Waals surface area contributed by atoms with Crippen molar-refractivity contribution in [2.45, 2.75) is 93.9 Å². The monoisotopic (exact) mass is 891 g/mol. The van der Waals surface area contributed by atoms with Crippen molar-refractivity contribution in [2.75, 3.05) is 0 Å². The molecule has 0 heterocycles. The lowest BCUT2D eigenvalue weighted by atomic mass is 9.67. The van der Waals surface area contributed by atoms with E-state index in [-0.39, 0.29) is 10.8 Å². The summed E-state index contributed by atoms with van der Waals surface area (Å²) in [5.74, 6) is 0. The minimum Gasteiger partial charge on any atom is -0.0683 e. The maximum absolute atomic E-state index is 2.33. The van der Waals surface area contributed by atoms with Gasteiger partial charge in [0.15, 0.2) is 0 Å². The zero-order valence-electron chi connectivity index (χ0n) is 42.9. The maximum atomic E-state index is 2.33. The van der Waals surface area contributed by atoms with Gasteiger partial charge in [0.2, 0.25) is 0 Å². The van der Waals surface area contributed by atoms with Crippen LogP contribution < -0.4 is 0 Å². The zero-order valence-corrected chi connectivity index (χ0v) is 42.9. The van der Waals surface area contributed by atoms with Crippen LogP contribution in [0.1, 0.15) is 114 Å². The van der Waals surface area contributed by atoms with Gasteiger partial charge in [0.25, 0.3) is 0 Å². The first kappa shape index (κ1) is 52.0. The SMILES string of the molecule is CC.CC.CC.CC.CC1(C)c2ccccc2-c2ccccc21.Cc1ccc(-c2ccccc2)cc1.Cc1ccccc1-c1cccc2c1-c1ccccc1C2(c1ccccc1)c1ccccc1. The molecule has 0 nitrogen and oxygen atoms in total. The number of hydrogen-bond donors (Lipinski definition) is 0. The molecule has 0 fully saturated rings. The average molecular weight is 891 g/mol. The maximum Gasteiger partial charge on any atom is 0.0713 e. The van der Waals surface area contributed by atoms with Gasteiger partial charge in [-0.2, -0.15) is 0 Å². The largest absolute Gasteiger partial charge is 0.0713 e. The summed E-state index contributed by atoms with van der Waals surface area (Å²) in [5.41, 5.74) is 21.3. The lowest BCUT2D eigenvalue weighted by Gasteiger charge is -2.34. The second-order valence-corrected chi connectivity index (χ2v) is 16.5. The van der Waals surface area contributed by atoms with Crippen molar-refractivity contribution in [3.05, 3.63) is 275 Å². The van der Waals surface area contributed by atoms with Crippen molar-refractivity contribution in [1.29, 1.82) is 0 Å². The topological polar surface area (TPSA) is 0 Å². The average Bonchev–Trinajstić information content (AvgIpc) is 3.86. The Bertz CT molecular complexity index is 2790. The Balaban J connectivity index is 0.000000200. The first-order valence-corrected chi connectivity index (χ1v) is 25.1. The molecular formula is C68H74. The molecule has 68 heavy (non-hydrogen) atoms. The highest BCUT2D eigenvalue weighted by Crippen LogP contribution is 2.58. The quantitative estimate of drug-likeness (QED) is 0.165. The van der Waals surface area contributed by atoms with E-state index in [2.05, 4.69) is 252 Å². The predicted octanol–water partition coefficient (Wildman–Crippen LogP) is 19.8. The highest BCUT2D eigenvalue weighted by molar-refractivity contribution is 5.96. The highest BCUT2D eigenvalue weighted by Gasteiger charge is 2.46. The Morgan fingerprint density at radius 2 is 0.618 bits per heavy atom. The van der Waals surface area contributed by atoms with E-state index < -0.39 is 0 Å². The first-order valence-electron chi connectivity index (χ1n) is 25.1. The third kappa shape index (κ3) is 10.6. The third-order valence-corrected chi connectivity index (χ3v) is 12.6. The molecule has 0 atom stereocenters. The second-order valence-electron chi connectivity index (χ2n) is 16.5. The lowest BCUT2D eigenvalue weighted by Crippen LogP contribution is -2.28. The van der Waals surface area contributed by atoms with Crippen LogP contribution in [0.15, 0.2) is 231 Å². The van der Waals surface area contributed by atoms with Crippen molar-refractivity contribution < 1.29 is 0 Å². The molecule has 0 aromatic heterocycles. The number of fused-ring (bicyclic) bond motifs is 6. The summed E-state index contributed by atoms with van der Waals surface area (Å²) >= 11 is 0. The molecule has 9 aromatic carbocycles. The van der Waals surface area contributed by atoms with Crippen molar-refractivity contribution >= 4 is 0 Å². The van der Waals surface area contributed by atoms with Gasteiger partial charge in [0.05, 0.1) is 5.41 Å². The molecule has 0 N–H and O–H groups in total. The van der Waals surface area contributed by atoms with Crippen molar-refractivity contribution in [3.63, 3.8) is 0 Å². The smallest absolute Gasteiger partial charge is 0.0683 e. The van der Waals surface area contributed by atoms with Crippen molar-refractivity contribution in [2.24, 2.45) is 0 Å². The summed E-state index contributed by atoms with van der Waals surface area (Å²) < 4.78 is 0. The van der Waals surface area contributed by atoms with Crippen LogP contribution in [-0.2, 0) is 10.8 Å². The molecule has 346 valence electrons. The van der Waals surface area contributed by atoms with E-state index in [4.69, 9.17) is 0 Å². The van der Waals surface area contributed by atoms with E-state index in [1.54, 1.807) is 0 Å². The van der Waals surface area contributed by atoms with E-state index >= 15 is 0 Å². The molecule has 0 spiro atoms. The molecule has 2 aliphatic rings. The van der Waals surface area contributed by atoms with Gasteiger partial charge in [-0.25, -0.2) is 0 Å². The third-order valence-electron chi connectivity index (χ3n) is 12.6. The van der Waals surface area contributed by atoms with Crippen LogP contribution in [0.5, 0.6) is 0 Å². The summed E-state index contributed by atoms with van der Waals surface area (Å²) in [7, 11) is 0. The van der Waals surface area contributed by atoms with Crippen molar-refractivity contribution in [1.82, 2.24) is 0 Å². The summed E-state index contributed by atoms with van der Waals surface area (Å²) in [6.45, 7) is 24.9. The van der Waals surface area contributed by atoms with Crippen LogP contribution in [-0.4, -0.2) is 0 Å². The van der Waals surface area contributed by atoms with Gasteiger partial charge in [-0.1, -0.05) is 305 Å².